The Kier molecular flexibility index (Phi) is 5.85. The maximum Gasteiger partial charge on any atom is 0.243 e. The van der Waals surface area contributed by atoms with Crippen LogP contribution in [0.1, 0.15) is 19.8 Å². The van der Waals surface area contributed by atoms with E-state index in [2.05, 4.69) is 20.7 Å². The van der Waals surface area contributed by atoms with Crippen molar-refractivity contribution in [2.24, 2.45) is 0 Å². The van der Waals surface area contributed by atoms with Gasteiger partial charge in [0.2, 0.25) is 11.7 Å². The van der Waals surface area contributed by atoms with Gasteiger partial charge in [-0.1, -0.05) is 18.5 Å². The average molecular weight is 324 g/mol. The van der Waals surface area contributed by atoms with Crippen LogP contribution in [-0.4, -0.2) is 43.9 Å². The summed E-state index contributed by atoms with van der Waals surface area (Å²) in [6, 6.07) is 7.02. The summed E-state index contributed by atoms with van der Waals surface area (Å²) in [6.45, 7) is 1.98. The number of aliphatic hydroxyl groups is 1. The smallest absolute Gasteiger partial charge is 0.243 e. The molecule has 7 nitrogen and oxygen atoms in total. The third-order valence-electron chi connectivity index (χ3n) is 3.18. The van der Waals surface area contributed by atoms with E-state index < -0.39 is 0 Å². The minimum Gasteiger partial charge on any atom is -0.396 e. The Morgan fingerprint density at radius 2 is 2.14 bits per heavy atom. The van der Waals surface area contributed by atoms with Crippen molar-refractivity contribution in [3.05, 3.63) is 29.3 Å². The van der Waals surface area contributed by atoms with Crippen LogP contribution in [0.4, 0.5) is 0 Å². The summed E-state index contributed by atoms with van der Waals surface area (Å²) >= 11 is 5.83. The molecule has 1 unspecified atom stereocenters. The Labute approximate surface area is 133 Å². The van der Waals surface area contributed by atoms with Gasteiger partial charge in [-0.05, 0) is 42.3 Å². The molecule has 1 heterocycles. The summed E-state index contributed by atoms with van der Waals surface area (Å²) in [4.78, 5) is 13.1. The molecule has 0 bridgehead atoms. The van der Waals surface area contributed by atoms with Crippen LogP contribution in [0, 0.1) is 0 Å². The summed E-state index contributed by atoms with van der Waals surface area (Å²) in [5.74, 6) is 0.229. The number of benzene rings is 1. The molecule has 2 N–H and O–H groups in total. The molecule has 0 saturated carbocycles. The fourth-order valence-corrected chi connectivity index (χ4v) is 2.09. The normalized spacial score (nSPS) is 12.1. The molecule has 1 aromatic carbocycles. The highest BCUT2D eigenvalue weighted by Gasteiger charge is 2.12. The van der Waals surface area contributed by atoms with Crippen molar-refractivity contribution < 1.29 is 9.90 Å². The Morgan fingerprint density at radius 3 is 2.77 bits per heavy atom. The van der Waals surface area contributed by atoms with Gasteiger partial charge in [-0.2, -0.15) is 4.80 Å². The van der Waals surface area contributed by atoms with Crippen molar-refractivity contribution in [3.63, 3.8) is 0 Å². The third-order valence-corrected chi connectivity index (χ3v) is 3.43. The quantitative estimate of drug-likeness (QED) is 0.800. The van der Waals surface area contributed by atoms with Gasteiger partial charge in [0, 0.05) is 23.2 Å². The second kappa shape index (κ2) is 7.86. The summed E-state index contributed by atoms with van der Waals surface area (Å²) in [7, 11) is 0. The minimum atomic E-state index is -0.208. The average Bonchev–Trinajstić information content (AvgIpc) is 2.95. The van der Waals surface area contributed by atoms with Crippen LogP contribution in [0.25, 0.3) is 11.4 Å². The van der Waals surface area contributed by atoms with E-state index >= 15 is 0 Å². The number of halogens is 1. The van der Waals surface area contributed by atoms with Crippen LogP contribution >= 0.6 is 11.6 Å². The molecular formula is C14H18ClN5O2. The van der Waals surface area contributed by atoms with E-state index in [1.807, 2.05) is 6.92 Å². The van der Waals surface area contributed by atoms with Gasteiger partial charge in [0.25, 0.3) is 0 Å². The summed E-state index contributed by atoms with van der Waals surface area (Å²) in [5, 5.41) is 24.3. The maximum atomic E-state index is 11.9. The highest BCUT2D eigenvalue weighted by atomic mass is 35.5. The molecule has 0 aliphatic carbocycles. The molecule has 0 saturated heterocycles. The number of carbonyl (C=O) groups is 1. The van der Waals surface area contributed by atoms with Crippen molar-refractivity contribution in [3.8, 4) is 11.4 Å². The number of aliphatic hydroxyl groups excluding tert-OH is 1. The largest absolute Gasteiger partial charge is 0.396 e. The predicted octanol–water partition coefficient (Wildman–Crippen LogP) is 1.27. The number of hydrogen-bond donors (Lipinski definition) is 2. The Balaban J connectivity index is 1.97. The fourth-order valence-electron chi connectivity index (χ4n) is 1.96. The maximum absolute atomic E-state index is 11.9. The number of nitrogens with one attached hydrogen (secondary N) is 1. The van der Waals surface area contributed by atoms with Gasteiger partial charge in [0.1, 0.15) is 6.54 Å². The summed E-state index contributed by atoms with van der Waals surface area (Å²) in [6.07, 6.45) is 1.29. The van der Waals surface area contributed by atoms with Crippen LogP contribution in [0.3, 0.4) is 0 Å². The number of aromatic nitrogens is 4. The molecule has 8 heteroatoms. The van der Waals surface area contributed by atoms with E-state index in [4.69, 9.17) is 16.7 Å². The number of tetrazole rings is 1. The lowest BCUT2D eigenvalue weighted by Gasteiger charge is -2.14. The van der Waals surface area contributed by atoms with E-state index in [0.29, 0.717) is 17.3 Å². The predicted molar refractivity (Wildman–Crippen MR) is 82.2 cm³/mol. The lowest BCUT2D eigenvalue weighted by molar-refractivity contribution is -0.122. The Morgan fingerprint density at radius 1 is 1.41 bits per heavy atom. The number of rotatable bonds is 7. The minimum absolute atomic E-state index is 0.0114. The van der Waals surface area contributed by atoms with Gasteiger partial charge >= 0.3 is 0 Å². The van der Waals surface area contributed by atoms with E-state index in [1.165, 1.54) is 4.80 Å². The first kappa shape index (κ1) is 16.4. The van der Waals surface area contributed by atoms with Crippen molar-refractivity contribution in [2.75, 3.05) is 6.61 Å². The Hall–Kier alpha value is -1.99. The molecule has 0 spiro atoms. The van der Waals surface area contributed by atoms with E-state index in [9.17, 15) is 4.79 Å². The van der Waals surface area contributed by atoms with Crippen molar-refractivity contribution >= 4 is 17.5 Å². The molecule has 118 valence electrons. The van der Waals surface area contributed by atoms with Gasteiger partial charge in [-0.15, -0.1) is 10.2 Å². The molecular weight excluding hydrogens is 306 g/mol. The SMILES string of the molecule is CCC(CCO)NC(=O)Cn1nnc(-c2ccc(Cl)cc2)n1. The first-order chi connectivity index (χ1) is 10.6. The first-order valence-electron chi connectivity index (χ1n) is 7.06. The monoisotopic (exact) mass is 323 g/mol. The molecule has 0 aliphatic rings. The Bertz CT molecular complexity index is 614. The van der Waals surface area contributed by atoms with Gasteiger partial charge in [0.05, 0.1) is 0 Å². The van der Waals surface area contributed by atoms with Gasteiger partial charge in [-0.3, -0.25) is 4.79 Å². The molecule has 2 aromatic rings. The zero-order valence-electron chi connectivity index (χ0n) is 12.2. The molecule has 1 aromatic heterocycles. The second-order valence-electron chi connectivity index (χ2n) is 4.84. The first-order valence-corrected chi connectivity index (χ1v) is 7.44. The van der Waals surface area contributed by atoms with E-state index in [1.54, 1.807) is 24.3 Å². The van der Waals surface area contributed by atoms with Crippen LogP contribution in [0.2, 0.25) is 5.02 Å². The number of amides is 1. The van der Waals surface area contributed by atoms with Crippen molar-refractivity contribution in [1.29, 1.82) is 0 Å². The fraction of sp³-hybridized carbons (Fsp3) is 0.429. The molecule has 2 rings (SSSR count). The van der Waals surface area contributed by atoms with Gasteiger partial charge in [-0.25, -0.2) is 0 Å². The molecule has 0 radical (unpaired) electrons. The zero-order chi connectivity index (χ0) is 15.9. The molecule has 1 atom stereocenters. The van der Waals surface area contributed by atoms with Crippen molar-refractivity contribution in [1.82, 2.24) is 25.5 Å². The molecule has 1 amide bonds. The highest BCUT2D eigenvalue weighted by Crippen LogP contribution is 2.16. The second-order valence-corrected chi connectivity index (χ2v) is 5.27. The van der Waals surface area contributed by atoms with Gasteiger partial charge < -0.3 is 10.4 Å². The number of carbonyl (C=O) groups excluding carboxylic acids is 1. The topological polar surface area (TPSA) is 92.9 Å². The van der Waals surface area contributed by atoms with Crippen LogP contribution < -0.4 is 5.32 Å². The molecule has 0 fully saturated rings. The third kappa shape index (κ3) is 4.51. The zero-order valence-corrected chi connectivity index (χ0v) is 13.0. The molecule has 0 aliphatic heterocycles. The highest BCUT2D eigenvalue weighted by molar-refractivity contribution is 6.30. The van der Waals surface area contributed by atoms with Crippen molar-refractivity contribution in [2.45, 2.75) is 32.4 Å². The lowest BCUT2D eigenvalue weighted by atomic mass is 10.1. The van der Waals surface area contributed by atoms with Crippen LogP contribution in [-0.2, 0) is 11.3 Å². The standard InChI is InChI=1S/C14H18ClN5O2/c1-2-12(7-8-21)16-13(22)9-20-18-14(17-19-20)10-3-5-11(15)6-4-10/h3-6,12,21H,2,7-9H2,1H3,(H,16,22). The number of nitrogens with zero attached hydrogens (tertiary/aromatic N) is 4. The van der Waals surface area contributed by atoms with Crippen LogP contribution in [0.5, 0.6) is 0 Å². The summed E-state index contributed by atoms with van der Waals surface area (Å²) in [5.41, 5.74) is 0.780. The van der Waals surface area contributed by atoms with Crippen LogP contribution in [0.15, 0.2) is 24.3 Å². The van der Waals surface area contributed by atoms with E-state index in [0.717, 1.165) is 12.0 Å². The van der Waals surface area contributed by atoms with E-state index in [-0.39, 0.29) is 25.1 Å². The molecule has 22 heavy (non-hydrogen) atoms. The lowest BCUT2D eigenvalue weighted by Crippen LogP contribution is -2.37. The van der Waals surface area contributed by atoms with Gasteiger partial charge in [0.15, 0.2) is 0 Å². The number of hydrogen-bond acceptors (Lipinski definition) is 5. The summed E-state index contributed by atoms with van der Waals surface area (Å²) < 4.78 is 0.